The molecular formula is C12H20N2. The molecule has 1 saturated carbocycles. The molecule has 1 heterocycles. The summed E-state index contributed by atoms with van der Waals surface area (Å²) in [6.45, 7) is 1.19. The summed E-state index contributed by atoms with van der Waals surface area (Å²) in [6.07, 6.45) is 7.82. The van der Waals surface area contributed by atoms with Gasteiger partial charge in [0.05, 0.1) is 12.0 Å². The van der Waals surface area contributed by atoms with Crippen molar-refractivity contribution in [3.05, 3.63) is 0 Å². The van der Waals surface area contributed by atoms with Crippen LogP contribution in [0, 0.1) is 23.2 Å². The molecule has 2 fully saturated rings. The fourth-order valence-electron chi connectivity index (χ4n) is 2.69. The molecule has 2 atom stereocenters. The first-order valence-corrected chi connectivity index (χ1v) is 5.93. The highest BCUT2D eigenvalue weighted by Crippen LogP contribution is 2.40. The second-order valence-corrected chi connectivity index (χ2v) is 4.89. The molecule has 2 nitrogen and oxygen atoms in total. The zero-order valence-electron chi connectivity index (χ0n) is 9.08. The summed E-state index contributed by atoms with van der Waals surface area (Å²) in [6, 6.07) is 3.10. The lowest BCUT2D eigenvalue weighted by Crippen LogP contribution is -2.37. The third-order valence-electron chi connectivity index (χ3n) is 3.77. The molecule has 0 amide bonds. The highest BCUT2D eigenvalue weighted by Gasteiger charge is 2.38. The van der Waals surface area contributed by atoms with Gasteiger partial charge in [-0.25, -0.2) is 0 Å². The minimum absolute atomic E-state index is 0.318. The predicted molar refractivity (Wildman–Crippen MR) is 56.7 cm³/mol. The largest absolute Gasteiger partial charge is 0.302 e. The van der Waals surface area contributed by atoms with Crippen molar-refractivity contribution in [1.82, 2.24) is 4.90 Å². The fraction of sp³-hybridized carbons (Fsp3) is 0.917. The van der Waals surface area contributed by atoms with Crippen molar-refractivity contribution in [3.63, 3.8) is 0 Å². The molecule has 0 N–H and O–H groups in total. The SMILES string of the molecule is CN1CCCCCC1C(C#N)C1CC1. The summed E-state index contributed by atoms with van der Waals surface area (Å²) in [7, 11) is 2.20. The van der Waals surface area contributed by atoms with E-state index in [1.165, 1.54) is 45.1 Å². The molecule has 0 aromatic heterocycles. The van der Waals surface area contributed by atoms with E-state index in [1.54, 1.807) is 0 Å². The molecule has 2 rings (SSSR count). The van der Waals surface area contributed by atoms with E-state index >= 15 is 0 Å². The van der Waals surface area contributed by atoms with E-state index in [1.807, 2.05) is 0 Å². The van der Waals surface area contributed by atoms with Crippen LogP contribution in [-0.4, -0.2) is 24.5 Å². The van der Waals surface area contributed by atoms with E-state index in [-0.39, 0.29) is 0 Å². The third-order valence-corrected chi connectivity index (χ3v) is 3.77. The van der Waals surface area contributed by atoms with E-state index in [0.29, 0.717) is 12.0 Å². The normalized spacial score (nSPS) is 31.9. The quantitative estimate of drug-likeness (QED) is 0.672. The van der Waals surface area contributed by atoms with E-state index in [4.69, 9.17) is 0 Å². The highest BCUT2D eigenvalue weighted by atomic mass is 15.1. The van der Waals surface area contributed by atoms with Crippen LogP contribution in [0.2, 0.25) is 0 Å². The summed E-state index contributed by atoms with van der Waals surface area (Å²) in [5, 5.41) is 9.22. The van der Waals surface area contributed by atoms with Gasteiger partial charge in [0.2, 0.25) is 0 Å². The predicted octanol–water partition coefficient (Wildman–Crippen LogP) is 2.41. The van der Waals surface area contributed by atoms with Crippen LogP contribution in [0.4, 0.5) is 0 Å². The number of rotatable bonds is 2. The Balaban J connectivity index is 2.01. The lowest BCUT2D eigenvalue weighted by molar-refractivity contribution is 0.191. The summed E-state index contributed by atoms with van der Waals surface area (Å²) in [4.78, 5) is 2.43. The molecule has 14 heavy (non-hydrogen) atoms. The number of hydrogen-bond acceptors (Lipinski definition) is 2. The molecule has 0 aromatic rings. The van der Waals surface area contributed by atoms with Crippen LogP contribution in [0.15, 0.2) is 0 Å². The second-order valence-electron chi connectivity index (χ2n) is 4.89. The Labute approximate surface area is 86.9 Å². The molecule has 0 aromatic carbocycles. The van der Waals surface area contributed by atoms with E-state index in [2.05, 4.69) is 18.0 Å². The Morgan fingerprint density at radius 3 is 2.64 bits per heavy atom. The molecule has 0 spiro atoms. The Morgan fingerprint density at radius 1 is 1.21 bits per heavy atom. The molecule has 0 bridgehead atoms. The van der Waals surface area contributed by atoms with Crippen LogP contribution >= 0.6 is 0 Å². The van der Waals surface area contributed by atoms with Gasteiger partial charge in [-0.05, 0) is 45.2 Å². The lowest BCUT2D eigenvalue weighted by atomic mass is 9.92. The van der Waals surface area contributed by atoms with Gasteiger partial charge in [-0.1, -0.05) is 12.8 Å². The van der Waals surface area contributed by atoms with Crippen molar-refractivity contribution in [3.8, 4) is 6.07 Å². The van der Waals surface area contributed by atoms with Crippen molar-refractivity contribution < 1.29 is 0 Å². The monoisotopic (exact) mass is 192 g/mol. The molecular weight excluding hydrogens is 172 g/mol. The minimum atomic E-state index is 0.318. The minimum Gasteiger partial charge on any atom is -0.302 e. The maximum Gasteiger partial charge on any atom is 0.0675 e. The smallest absolute Gasteiger partial charge is 0.0675 e. The third kappa shape index (κ3) is 2.09. The van der Waals surface area contributed by atoms with E-state index in [9.17, 15) is 5.26 Å². The van der Waals surface area contributed by atoms with Gasteiger partial charge in [0.1, 0.15) is 0 Å². The van der Waals surface area contributed by atoms with Gasteiger partial charge in [-0.2, -0.15) is 5.26 Å². The fourth-order valence-corrected chi connectivity index (χ4v) is 2.69. The average Bonchev–Trinajstić information content (AvgIpc) is 2.98. The molecule has 2 heteroatoms. The standard InChI is InChI=1S/C12H20N2/c1-14-8-4-2-3-5-12(14)11(9-13)10-6-7-10/h10-12H,2-8H2,1H3. The van der Waals surface area contributed by atoms with Crippen LogP contribution in [0.5, 0.6) is 0 Å². The van der Waals surface area contributed by atoms with Crippen molar-refractivity contribution in [2.45, 2.75) is 44.6 Å². The Hall–Kier alpha value is -0.550. The second kappa shape index (κ2) is 4.31. The summed E-state index contributed by atoms with van der Waals surface area (Å²) in [5.74, 6) is 1.05. The molecule has 0 radical (unpaired) electrons. The van der Waals surface area contributed by atoms with Gasteiger partial charge in [-0.3, -0.25) is 0 Å². The van der Waals surface area contributed by atoms with Crippen molar-refractivity contribution in [1.29, 1.82) is 5.26 Å². The van der Waals surface area contributed by atoms with Crippen LogP contribution in [0.3, 0.4) is 0 Å². The number of hydrogen-bond donors (Lipinski definition) is 0. The maximum absolute atomic E-state index is 9.22. The lowest BCUT2D eigenvalue weighted by Gasteiger charge is -2.29. The van der Waals surface area contributed by atoms with Gasteiger partial charge < -0.3 is 4.90 Å². The topological polar surface area (TPSA) is 27.0 Å². The maximum atomic E-state index is 9.22. The molecule has 2 unspecified atom stereocenters. The van der Waals surface area contributed by atoms with E-state index < -0.39 is 0 Å². The molecule has 1 aliphatic heterocycles. The first-order chi connectivity index (χ1) is 6.83. The number of nitriles is 1. The van der Waals surface area contributed by atoms with Gasteiger partial charge in [0.25, 0.3) is 0 Å². The zero-order chi connectivity index (χ0) is 9.97. The molecule has 2 aliphatic rings. The van der Waals surface area contributed by atoms with Crippen LogP contribution in [-0.2, 0) is 0 Å². The number of nitrogens with zero attached hydrogens (tertiary/aromatic N) is 2. The number of likely N-dealkylation sites (tertiary alicyclic amines) is 1. The summed E-state index contributed by atoms with van der Waals surface area (Å²) >= 11 is 0. The Bertz CT molecular complexity index is 227. The zero-order valence-corrected chi connectivity index (χ0v) is 9.08. The van der Waals surface area contributed by atoms with E-state index in [0.717, 1.165) is 5.92 Å². The first kappa shape index (κ1) is 9.98. The van der Waals surface area contributed by atoms with Gasteiger partial charge in [-0.15, -0.1) is 0 Å². The van der Waals surface area contributed by atoms with Crippen LogP contribution in [0.25, 0.3) is 0 Å². The average molecular weight is 192 g/mol. The summed E-state index contributed by atoms with van der Waals surface area (Å²) < 4.78 is 0. The van der Waals surface area contributed by atoms with Gasteiger partial charge >= 0.3 is 0 Å². The highest BCUT2D eigenvalue weighted by molar-refractivity contribution is 5.01. The molecule has 78 valence electrons. The summed E-state index contributed by atoms with van der Waals surface area (Å²) in [5.41, 5.74) is 0. The van der Waals surface area contributed by atoms with Crippen molar-refractivity contribution in [2.24, 2.45) is 11.8 Å². The Morgan fingerprint density at radius 2 is 2.00 bits per heavy atom. The Kier molecular flexibility index (Phi) is 3.08. The van der Waals surface area contributed by atoms with Crippen LogP contribution < -0.4 is 0 Å². The first-order valence-electron chi connectivity index (χ1n) is 5.93. The molecule has 1 saturated heterocycles. The molecule has 1 aliphatic carbocycles. The van der Waals surface area contributed by atoms with Crippen molar-refractivity contribution in [2.75, 3.05) is 13.6 Å². The van der Waals surface area contributed by atoms with Gasteiger partial charge in [0.15, 0.2) is 0 Å². The van der Waals surface area contributed by atoms with Gasteiger partial charge in [0, 0.05) is 6.04 Å². The van der Waals surface area contributed by atoms with Crippen LogP contribution in [0.1, 0.15) is 38.5 Å². The van der Waals surface area contributed by atoms with Crippen molar-refractivity contribution >= 4 is 0 Å².